The van der Waals surface area contributed by atoms with Gasteiger partial charge in [-0.3, -0.25) is 14.4 Å². The molecule has 2 heterocycles. The van der Waals surface area contributed by atoms with Crippen molar-refractivity contribution in [2.75, 3.05) is 0 Å². The fourth-order valence-corrected chi connectivity index (χ4v) is 3.57. The number of aliphatic carboxylic acids is 1. The number of H-pyrrole nitrogens is 2. The summed E-state index contributed by atoms with van der Waals surface area (Å²) in [7, 11) is 0. The molecule has 0 spiro atoms. The van der Waals surface area contributed by atoms with Gasteiger partial charge in [-0.05, 0) is 24.6 Å². The quantitative estimate of drug-likeness (QED) is 0.133. The van der Waals surface area contributed by atoms with Gasteiger partial charge in [0.15, 0.2) is 0 Å². The summed E-state index contributed by atoms with van der Waals surface area (Å²) in [5, 5.41) is 26.7. The minimum Gasteiger partial charge on any atom is -0.508 e. The lowest BCUT2D eigenvalue weighted by molar-refractivity contribution is -0.142. The van der Waals surface area contributed by atoms with Crippen LogP contribution in [0.1, 0.15) is 23.9 Å². The van der Waals surface area contributed by atoms with Crippen molar-refractivity contribution in [2.45, 2.75) is 50.4 Å². The number of carbonyl (C=O) groups is 4. The van der Waals surface area contributed by atoms with Gasteiger partial charge in [-0.1, -0.05) is 12.1 Å². The zero-order valence-electron chi connectivity index (χ0n) is 20.5. The number of imidazole rings is 2. The van der Waals surface area contributed by atoms with E-state index < -0.39 is 47.9 Å². The highest BCUT2D eigenvalue weighted by Gasteiger charge is 2.29. The molecule has 4 atom stereocenters. The van der Waals surface area contributed by atoms with Crippen molar-refractivity contribution < 1.29 is 29.4 Å². The molecule has 9 N–H and O–H groups in total. The third kappa shape index (κ3) is 8.16. The monoisotopic (exact) mass is 526 g/mol. The Labute approximate surface area is 217 Å². The van der Waals surface area contributed by atoms with E-state index in [1.54, 1.807) is 12.1 Å². The van der Waals surface area contributed by atoms with Gasteiger partial charge in [0.05, 0.1) is 18.7 Å². The Kier molecular flexibility index (Phi) is 9.54. The minimum absolute atomic E-state index is 0.00570. The number of nitrogens with one attached hydrogen (secondary N) is 5. The van der Waals surface area contributed by atoms with Crippen molar-refractivity contribution in [1.82, 2.24) is 35.9 Å². The first-order valence-corrected chi connectivity index (χ1v) is 11.7. The minimum atomic E-state index is -1.29. The number of amides is 3. The number of carbonyl (C=O) groups excluding carboxylic acids is 3. The van der Waals surface area contributed by atoms with E-state index in [4.69, 9.17) is 5.73 Å². The van der Waals surface area contributed by atoms with E-state index in [-0.39, 0.29) is 25.0 Å². The van der Waals surface area contributed by atoms with Gasteiger partial charge in [-0.25, -0.2) is 14.8 Å². The molecule has 0 aliphatic rings. The number of carboxylic acid groups (broad SMARTS) is 1. The van der Waals surface area contributed by atoms with Crippen LogP contribution in [0.15, 0.2) is 49.3 Å². The molecule has 14 heteroatoms. The van der Waals surface area contributed by atoms with Crippen LogP contribution in [0.25, 0.3) is 0 Å². The number of aromatic amines is 2. The highest BCUT2D eigenvalue weighted by Crippen LogP contribution is 2.12. The number of aromatic hydroxyl groups is 1. The van der Waals surface area contributed by atoms with Crippen LogP contribution in [-0.2, 0) is 38.4 Å². The smallest absolute Gasteiger partial charge is 0.326 e. The number of benzene rings is 1. The maximum atomic E-state index is 13.1. The summed E-state index contributed by atoms with van der Waals surface area (Å²) in [5.74, 6) is -3.24. The fraction of sp³-hybridized carbons (Fsp3) is 0.333. The van der Waals surface area contributed by atoms with Crippen LogP contribution in [0.3, 0.4) is 0 Å². The molecule has 0 aliphatic heterocycles. The van der Waals surface area contributed by atoms with Crippen molar-refractivity contribution in [3.63, 3.8) is 0 Å². The largest absolute Gasteiger partial charge is 0.508 e. The van der Waals surface area contributed by atoms with E-state index >= 15 is 0 Å². The molecule has 0 radical (unpaired) electrons. The zero-order chi connectivity index (χ0) is 27.7. The maximum absolute atomic E-state index is 13.1. The van der Waals surface area contributed by atoms with Crippen LogP contribution < -0.4 is 21.7 Å². The van der Waals surface area contributed by atoms with Crippen molar-refractivity contribution in [2.24, 2.45) is 5.73 Å². The van der Waals surface area contributed by atoms with E-state index in [9.17, 15) is 29.4 Å². The molecular weight excluding hydrogens is 496 g/mol. The Morgan fingerprint density at radius 3 is 1.97 bits per heavy atom. The summed E-state index contributed by atoms with van der Waals surface area (Å²) in [5.41, 5.74) is 7.67. The second-order valence-electron chi connectivity index (χ2n) is 8.73. The molecule has 3 rings (SSSR count). The summed E-state index contributed by atoms with van der Waals surface area (Å²) in [6.45, 7) is 1.43. The molecule has 0 bridgehead atoms. The van der Waals surface area contributed by atoms with Gasteiger partial charge in [0.25, 0.3) is 0 Å². The van der Waals surface area contributed by atoms with Crippen LogP contribution in [0.2, 0.25) is 0 Å². The first kappa shape index (κ1) is 27.9. The number of hydrogen-bond acceptors (Lipinski definition) is 8. The zero-order valence-corrected chi connectivity index (χ0v) is 20.5. The molecule has 4 unspecified atom stereocenters. The van der Waals surface area contributed by atoms with E-state index in [1.807, 2.05) is 0 Å². The molecule has 0 saturated heterocycles. The van der Waals surface area contributed by atoms with Crippen molar-refractivity contribution in [3.05, 3.63) is 66.3 Å². The normalized spacial score (nSPS) is 14.1. The average Bonchev–Trinajstić information content (AvgIpc) is 3.58. The van der Waals surface area contributed by atoms with Crippen molar-refractivity contribution >= 4 is 23.7 Å². The third-order valence-electron chi connectivity index (χ3n) is 5.69. The Bertz CT molecular complexity index is 1210. The average molecular weight is 527 g/mol. The van der Waals surface area contributed by atoms with Gasteiger partial charge in [0.1, 0.15) is 23.9 Å². The van der Waals surface area contributed by atoms with Gasteiger partial charge in [-0.15, -0.1) is 0 Å². The Balaban J connectivity index is 1.68. The Morgan fingerprint density at radius 1 is 0.842 bits per heavy atom. The third-order valence-corrected chi connectivity index (χ3v) is 5.69. The molecule has 38 heavy (non-hydrogen) atoms. The van der Waals surface area contributed by atoms with E-state index in [0.29, 0.717) is 17.0 Å². The first-order chi connectivity index (χ1) is 18.1. The van der Waals surface area contributed by atoms with Crippen LogP contribution in [0, 0.1) is 0 Å². The molecule has 202 valence electrons. The molecule has 1 aromatic carbocycles. The van der Waals surface area contributed by atoms with E-state index in [0.717, 1.165) is 0 Å². The second-order valence-corrected chi connectivity index (χ2v) is 8.73. The molecule has 14 nitrogen and oxygen atoms in total. The summed E-state index contributed by atoms with van der Waals surface area (Å²) >= 11 is 0. The number of rotatable bonds is 13. The van der Waals surface area contributed by atoms with Gasteiger partial charge in [-0.2, -0.15) is 0 Å². The number of phenols is 1. The number of phenolic OH excluding ortho intramolecular Hbond substituents is 1. The summed E-state index contributed by atoms with van der Waals surface area (Å²) in [6, 6.07) is 1.52. The van der Waals surface area contributed by atoms with Gasteiger partial charge < -0.3 is 41.9 Å². The predicted molar refractivity (Wildman–Crippen MR) is 133 cm³/mol. The SMILES string of the molecule is CC(NC(=O)C(N)Cc1cnc[nH]1)C(=O)NC(Cc1ccc(O)cc1)C(=O)NC(Cc1cnc[nH]1)C(=O)O. The van der Waals surface area contributed by atoms with Gasteiger partial charge >= 0.3 is 5.97 Å². The maximum Gasteiger partial charge on any atom is 0.326 e. The van der Waals surface area contributed by atoms with Crippen molar-refractivity contribution in [3.8, 4) is 5.75 Å². The number of carboxylic acids is 1. The fourth-order valence-electron chi connectivity index (χ4n) is 3.57. The number of hydrogen-bond donors (Lipinski definition) is 8. The number of aromatic nitrogens is 4. The number of nitrogens with zero attached hydrogens (tertiary/aromatic N) is 2. The van der Waals surface area contributed by atoms with E-state index in [2.05, 4.69) is 35.9 Å². The highest BCUT2D eigenvalue weighted by molar-refractivity contribution is 5.94. The lowest BCUT2D eigenvalue weighted by Crippen LogP contribution is -2.57. The summed E-state index contributed by atoms with van der Waals surface area (Å²) < 4.78 is 0. The predicted octanol–water partition coefficient (Wildman–Crippen LogP) is -1.25. The van der Waals surface area contributed by atoms with Crippen molar-refractivity contribution in [1.29, 1.82) is 0 Å². The number of nitrogens with two attached hydrogens (primary N) is 1. The second kappa shape index (κ2) is 13.0. The molecule has 3 amide bonds. The lowest BCUT2D eigenvalue weighted by Gasteiger charge is -2.24. The topological polar surface area (TPSA) is 228 Å². The van der Waals surface area contributed by atoms with Crippen LogP contribution in [0.5, 0.6) is 5.75 Å². The first-order valence-electron chi connectivity index (χ1n) is 11.7. The lowest BCUT2D eigenvalue weighted by atomic mass is 10.0. The molecule has 0 fully saturated rings. The van der Waals surface area contributed by atoms with E-state index in [1.165, 1.54) is 44.1 Å². The molecule has 2 aromatic heterocycles. The standard InChI is InChI=1S/C24H30N8O6/c1-13(30-22(35)18(25)7-15-9-26-11-28-15)21(34)31-19(6-14-2-4-17(33)5-3-14)23(36)32-20(24(37)38)8-16-10-27-12-29-16/h2-5,9-13,18-20,33H,6-8,25H2,1H3,(H,26,28)(H,27,29)(H,30,35)(H,31,34)(H,32,36)(H,37,38). The van der Waals surface area contributed by atoms with Crippen LogP contribution in [-0.4, -0.2) is 78.0 Å². The molecule has 0 aliphatic carbocycles. The Hall–Kier alpha value is -4.72. The summed E-state index contributed by atoms with van der Waals surface area (Å²) in [4.78, 5) is 63.6. The molecule has 0 saturated carbocycles. The molecule has 3 aromatic rings. The van der Waals surface area contributed by atoms with Gasteiger partial charge in [0, 0.05) is 43.0 Å². The molecular formula is C24H30N8O6. The summed E-state index contributed by atoms with van der Waals surface area (Å²) in [6.07, 6.45) is 5.94. The van der Waals surface area contributed by atoms with Gasteiger partial charge in [0.2, 0.25) is 17.7 Å². The highest BCUT2D eigenvalue weighted by atomic mass is 16.4. The van der Waals surface area contributed by atoms with Crippen LogP contribution in [0.4, 0.5) is 0 Å². The Morgan fingerprint density at radius 2 is 1.42 bits per heavy atom. The van der Waals surface area contributed by atoms with Crippen LogP contribution >= 0.6 is 0 Å².